The molecule has 4 nitrogen and oxygen atoms in total. The van der Waals surface area contributed by atoms with Gasteiger partial charge in [-0.25, -0.2) is 4.98 Å². The number of nitrogens with zero attached hydrogens (tertiary/aromatic N) is 1. The first-order valence-corrected chi connectivity index (χ1v) is 5.96. The van der Waals surface area contributed by atoms with Gasteiger partial charge in [-0.1, -0.05) is 18.5 Å². The molecular weight excluding hydrogens is 283 g/mol. The van der Waals surface area contributed by atoms with Gasteiger partial charge in [-0.15, -0.1) is 0 Å². The summed E-state index contributed by atoms with van der Waals surface area (Å²) in [7, 11) is 0. The van der Waals surface area contributed by atoms with Gasteiger partial charge in [0, 0.05) is 12.1 Å². The van der Waals surface area contributed by atoms with E-state index in [9.17, 15) is 18.0 Å². The predicted molar refractivity (Wildman–Crippen MR) is 66.4 cm³/mol. The Hall–Kier alpha value is -1.50. The van der Waals surface area contributed by atoms with E-state index in [1.54, 1.807) is 5.32 Å². The van der Waals surface area contributed by atoms with E-state index in [0.717, 1.165) is 6.42 Å². The normalized spacial score (nSPS) is 11.2. The highest BCUT2D eigenvalue weighted by molar-refractivity contribution is 6.29. The summed E-state index contributed by atoms with van der Waals surface area (Å²) in [5, 5.41) is 4.72. The minimum atomic E-state index is -4.45. The molecule has 1 rings (SSSR count). The monoisotopic (exact) mass is 295 g/mol. The van der Waals surface area contributed by atoms with Crippen LogP contribution >= 0.6 is 11.6 Å². The molecule has 0 radical (unpaired) electrons. The van der Waals surface area contributed by atoms with Crippen LogP contribution < -0.4 is 10.6 Å². The van der Waals surface area contributed by atoms with Crippen molar-refractivity contribution < 1.29 is 18.0 Å². The Labute approximate surface area is 113 Å². The zero-order valence-electron chi connectivity index (χ0n) is 10.1. The maximum absolute atomic E-state index is 12.0. The Bertz CT molecular complexity index is 451. The van der Waals surface area contributed by atoms with Crippen molar-refractivity contribution in [2.75, 3.05) is 18.4 Å². The first-order chi connectivity index (χ1) is 8.81. The van der Waals surface area contributed by atoms with Gasteiger partial charge in [0.05, 0.1) is 0 Å². The maximum atomic E-state index is 12.0. The third-order valence-electron chi connectivity index (χ3n) is 2.06. The number of alkyl halides is 3. The van der Waals surface area contributed by atoms with Crippen molar-refractivity contribution in [3.05, 3.63) is 22.8 Å². The van der Waals surface area contributed by atoms with E-state index in [4.69, 9.17) is 11.6 Å². The minimum absolute atomic E-state index is 0.0304. The highest BCUT2D eigenvalue weighted by Crippen LogP contribution is 2.16. The van der Waals surface area contributed by atoms with Crippen LogP contribution in [0.1, 0.15) is 23.7 Å². The third kappa shape index (κ3) is 5.78. The van der Waals surface area contributed by atoms with Gasteiger partial charge in [0.25, 0.3) is 5.91 Å². The minimum Gasteiger partial charge on any atom is -0.370 e. The van der Waals surface area contributed by atoms with E-state index < -0.39 is 18.6 Å². The number of pyridine rings is 1. The van der Waals surface area contributed by atoms with Crippen molar-refractivity contribution in [1.82, 2.24) is 10.3 Å². The molecule has 106 valence electrons. The topological polar surface area (TPSA) is 54.0 Å². The molecule has 0 atom stereocenters. The largest absolute Gasteiger partial charge is 0.405 e. The molecule has 0 unspecified atom stereocenters. The zero-order valence-corrected chi connectivity index (χ0v) is 10.9. The average molecular weight is 296 g/mol. The lowest BCUT2D eigenvalue weighted by Crippen LogP contribution is -2.33. The van der Waals surface area contributed by atoms with Crippen molar-refractivity contribution in [2.24, 2.45) is 0 Å². The number of hydrogen-bond donors (Lipinski definition) is 2. The molecule has 0 aliphatic rings. The SMILES string of the molecule is CCCNc1cc(C(=O)NCC(F)(F)F)cc(Cl)n1. The number of hydrogen-bond acceptors (Lipinski definition) is 3. The quantitative estimate of drug-likeness (QED) is 0.821. The van der Waals surface area contributed by atoms with Gasteiger partial charge >= 0.3 is 6.18 Å². The first kappa shape index (κ1) is 15.6. The Morgan fingerprint density at radius 3 is 2.68 bits per heavy atom. The van der Waals surface area contributed by atoms with Crippen molar-refractivity contribution in [3.8, 4) is 0 Å². The van der Waals surface area contributed by atoms with Gasteiger partial charge in [0.1, 0.15) is 17.5 Å². The van der Waals surface area contributed by atoms with E-state index in [1.807, 2.05) is 6.92 Å². The molecule has 0 fully saturated rings. The second-order valence-corrected chi connectivity index (χ2v) is 4.18. The Balaban J connectivity index is 2.76. The molecule has 8 heteroatoms. The summed E-state index contributed by atoms with van der Waals surface area (Å²) in [6.07, 6.45) is -3.61. The van der Waals surface area contributed by atoms with Crippen LogP contribution in [0.2, 0.25) is 5.15 Å². The van der Waals surface area contributed by atoms with E-state index >= 15 is 0 Å². The molecule has 0 spiro atoms. The smallest absolute Gasteiger partial charge is 0.370 e. The van der Waals surface area contributed by atoms with E-state index in [-0.39, 0.29) is 10.7 Å². The fraction of sp³-hybridized carbons (Fsp3) is 0.455. The second kappa shape index (κ2) is 6.60. The third-order valence-corrected chi connectivity index (χ3v) is 2.26. The summed E-state index contributed by atoms with van der Waals surface area (Å²) in [4.78, 5) is 15.5. The van der Waals surface area contributed by atoms with Crippen LogP contribution in [0.25, 0.3) is 0 Å². The predicted octanol–water partition coefficient (Wildman–Crippen LogP) is 2.85. The number of carbonyl (C=O) groups is 1. The van der Waals surface area contributed by atoms with Crippen molar-refractivity contribution in [2.45, 2.75) is 19.5 Å². The van der Waals surface area contributed by atoms with Crippen LogP contribution in [-0.2, 0) is 0 Å². The molecular formula is C11H13ClF3N3O. The first-order valence-electron chi connectivity index (χ1n) is 5.58. The summed E-state index contributed by atoms with van der Waals surface area (Å²) in [5.41, 5.74) is 0.0304. The molecule has 2 N–H and O–H groups in total. The molecule has 0 aromatic carbocycles. The van der Waals surface area contributed by atoms with Crippen LogP contribution in [-0.4, -0.2) is 30.2 Å². The lowest BCUT2D eigenvalue weighted by molar-refractivity contribution is -0.123. The van der Waals surface area contributed by atoms with Gasteiger partial charge in [0.15, 0.2) is 0 Å². The number of halogens is 4. The fourth-order valence-corrected chi connectivity index (χ4v) is 1.46. The lowest BCUT2D eigenvalue weighted by atomic mass is 10.2. The highest BCUT2D eigenvalue weighted by Gasteiger charge is 2.28. The standard InChI is InChI=1S/C11H13ClF3N3O/c1-2-3-16-9-5-7(4-8(12)18-9)10(19)17-6-11(13,14)15/h4-5H,2-3,6H2,1H3,(H,16,18)(H,17,19). The Morgan fingerprint density at radius 1 is 1.42 bits per heavy atom. The van der Waals surface area contributed by atoms with Crippen molar-refractivity contribution in [3.63, 3.8) is 0 Å². The molecule has 0 aliphatic heterocycles. The Morgan fingerprint density at radius 2 is 2.11 bits per heavy atom. The van der Waals surface area contributed by atoms with E-state index in [0.29, 0.717) is 12.4 Å². The number of rotatable bonds is 5. The van der Waals surface area contributed by atoms with E-state index in [2.05, 4.69) is 10.3 Å². The summed E-state index contributed by atoms with van der Waals surface area (Å²) < 4.78 is 36.0. The van der Waals surface area contributed by atoms with Crippen LogP contribution in [0.3, 0.4) is 0 Å². The Kier molecular flexibility index (Phi) is 5.41. The van der Waals surface area contributed by atoms with Gasteiger partial charge in [-0.2, -0.15) is 13.2 Å². The molecule has 19 heavy (non-hydrogen) atoms. The molecule has 0 aliphatic carbocycles. The average Bonchev–Trinajstić information content (AvgIpc) is 2.31. The molecule has 0 saturated carbocycles. The number of amides is 1. The van der Waals surface area contributed by atoms with Gasteiger partial charge < -0.3 is 10.6 Å². The van der Waals surface area contributed by atoms with Gasteiger partial charge in [0.2, 0.25) is 0 Å². The lowest BCUT2D eigenvalue weighted by Gasteiger charge is -2.10. The summed E-state index contributed by atoms with van der Waals surface area (Å²) in [6, 6.07) is 2.57. The molecule has 0 saturated heterocycles. The zero-order chi connectivity index (χ0) is 14.5. The molecule has 1 amide bonds. The number of anilines is 1. The highest BCUT2D eigenvalue weighted by atomic mass is 35.5. The molecule has 1 heterocycles. The summed E-state index contributed by atoms with van der Waals surface area (Å²) in [6.45, 7) is 1.18. The maximum Gasteiger partial charge on any atom is 0.405 e. The number of aromatic nitrogens is 1. The van der Waals surface area contributed by atoms with Crippen molar-refractivity contribution in [1.29, 1.82) is 0 Å². The van der Waals surface area contributed by atoms with E-state index in [1.165, 1.54) is 12.1 Å². The summed E-state index contributed by atoms with van der Waals surface area (Å²) >= 11 is 5.71. The van der Waals surface area contributed by atoms with Crippen LogP contribution in [0.5, 0.6) is 0 Å². The molecule has 1 aromatic rings. The molecule has 0 bridgehead atoms. The second-order valence-electron chi connectivity index (χ2n) is 3.79. The number of nitrogens with one attached hydrogen (secondary N) is 2. The number of carbonyl (C=O) groups excluding carboxylic acids is 1. The fourth-order valence-electron chi connectivity index (χ4n) is 1.25. The van der Waals surface area contributed by atoms with Crippen LogP contribution in [0, 0.1) is 0 Å². The van der Waals surface area contributed by atoms with Gasteiger partial charge in [-0.05, 0) is 18.6 Å². The van der Waals surface area contributed by atoms with Crippen molar-refractivity contribution >= 4 is 23.3 Å². The van der Waals surface area contributed by atoms with Crippen LogP contribution in [0.4, 0.5) is 19.0 Å². The van der Waals surface area contributed by atoms with Gasteiger partial charge in [-0.3, -0.25) is 4.79 Å². The molecule has 1 aromatic heterocycles. The van der Waals surface area contributed by atoms with Crippen LogP contribution in [0.15, 0.2) is 12.1 Å². The summed E-state index contributed by atoms with van der Waals surface area (Å²) in [5.74, 6) is -0.493.